The quantitative estimate of drug-likeness (QED) is 0.819. The molecule has 21 heavy (non-hydrogen) atoms. The molecule has 0 radical (unpaired) electrons. The minimum Gasteiger partial charge on any atom is -0.480 e. The van der Waals surface area contributed by atoms with Crippen molar-refractivity contribution < 1.29 is 33.0 Å². The number of amides is 2. The van der Waals surface area contributed by atoms with Crippen LogP contribution in [-0.2, 0) is 4.79 Å². The summed E-state index contributed by atoms with van der Waals surface area (Å²) in [5, 5.41) is 18.5. The van der Waals surface area contributed by atoms with E-state index in [9.17, 15) is 27.9 Å². The highest BCUT2D eigenvalue weighted by molar-refractivity contribution is 5.80. The molecule has 6 nitrogen and oxygen atoms in total. The third kappa shape index (κ3) is 5.41. The van der Waals surface area contributed by atoms with Gasteiger partial charge < -0.3 is 20.0 Å². The molecule has 0 saturated heterocycles. The van der Waals surface area contributed by atoms with Crippen LogP contribution in [0.1, 0.15) is 25.7 Å². The highest BCUT2D eigenvalue weighted by Gasteiger charge is 2.37. The van der Waals surface area contributed by atoms with Crippen LogP contribution in [-0.4, -0.2) is 70.5 Å². The monoisotopic (exact) mass is 312 g/mol. The van der Waals surface area contributed by atoms with Crippen molar-refractivity contribution in [2.24, 2.45) is 0 Å². The smallest absolute Gasteiger partial charge is 0.406 e. The number of hydrogen-bond donors (Lipinski definition) is 2. The molecule has 0 aromatic heterocycles. The molecule has 9 heteroatoms. The van der Waals surface area contributed by atoms with Crippen LogP contribution in [0.25, 0.3) is 0 Å². The predicted octanol–water partition coefficient (Wildman–Crippen LogP) is 1.29. The molecule has 0 bridgehead atoms. The van der Waals surface area contributed by atoms with Gasteiger partial charge in [0.1, 0.15) is 13.1 Å². The van der Waals surface area contributed by atoms with Gasteiger partial charge in [-0.1, -0.05) is 12.8 Å². The van der Waals surface area contributed by atoms with Crippen molar-refractivity contribution >= 4 is 12.0 Å². The SMILES string of the molecule is CN(C(=O)N(CC(=O)O)CC(F)(F)F)C1CCCCC1O. The number of alkyl halides is 3. The summed E-state index contributed by atoms with van der Waals surface area (Å²) in [5.74, 6) is -1.52. The minimum atomic E-state index is -4.68. The van der Waals surface area contributed by atoms with Gasteiger partial charge in [0.15, 0.2) is 0 Å². The zero-order valence-electron chi connectivity index (χ0n) is 11.6. The van der Waals surface area contributed by atoms with E-state index >= 15 is 0 Å². The standard InChI is InChI=1S/C12H19F3N2O4/c1-16(8-4-2-3-5-9(8)18)11(21)17(6-10(19)20)7-12(13,14)15/h8-9,18H,2-7H2,1H3,(H,19,20). The van der Waals surface area contributed by atoms with Crippen molar-refractivity contribution in [1.29, 1.82) is 0 Å². The number of carbonyl (C=O) groups is 2. The van der Waals surface area contributed by atoms with Crippen molar-refractivity contribution in [2.75, 3.05) is 20.1 Å². The molecule has 1 aliphatic rings. The lowest BCUT2D eigenvalue weighted by molar-refractivity contribution is -0.150. The Bertz CT molecular complexity index is 389. The van der Waals surface area contributed by atoms with Gasteiger partial charge in [0, 0.05) is 7.05 Å². The second-order valence-corrected chi connectivity index (χ2v) is 5.18. The Balaban J connectivity index is 2.80. The number of carboxylic acids is 1. The largest absolute Gasteiger partial charge is 0.480 e. The first-order valence-corrected chi connectivity index (χ1v) is 6.60. The van der Waals surface area contributed by atoms with Crippen LogP contribution >= 0.6 is 0 Å². The molecule has 0 aliphatic heterocycles. The Morgan fingerprint density at radius 2 is 1.81 bits per heavy atom. The predicted molar refractivity (Wildman–Crippen MR) is 66.7 cm³/mol. The molecule has 2 amide bonds. The van der Waals surface area contributed by atoms with Gasteiger partial charge in [-0.05, 0) is 12.8 Å². The highest BCUT2D eigenvalue weighted by Crippen LogP contribution is 2.24. The van der Waals surface area contributed by atoms with E-state index in [1.54, 1.807) is 0 Å². The molecule has 1 rings (SSSR count). The van der Waals surface area contributed by atoms with E-state index < -0.39 is 43.4 Å². The summed E-state index contributed by atoms with van der Waals surface area (Å²) < 4.78 is 37.3. The number of carbonyl (C=O) groups excluding carboxylic acids is 1. The van der Waals surface area contributed by atoms with Crippen LogP contribution < -0.4 is 0 Å². The van der Waals surface area contributed by atoms with Gasteiger partial charge in [-0.25, -0.2) is 4.79 Å². The first kappa shape index (κ1) is 17.5. The molecular weight excluding hydrogens is 293 g/mol. The highest BCUT2D eigenvalue weighted by atomic mass is 19.4. The molecule has 0 spiro atoms. The summed E-state index contributed by atoms with van der Waals surface area (Å²) in [6.07, 6.45) is -2.97. The van der Waals surface area contributed by atoms with Gasteiger partial charge in [-0.15, -0.1) is 0 Å². The fourth-order valence-corrected chi connectivity index (χ4v) is 2.48. The normalized spacial score (nSPS) is 22.7. The number of carboxylic acid groups (broad SMARTS) is 1. The summed E-state index contributed by atoms with van der Waals surface area (Å²) in [6, 6.07) is -1.63. The molecule has 2 N–H and O–H groups in total. The van der Waals surface area contributed by atoms with Gasteiger partial charge in [0.25, 0.3) is 0 Å². The van der Waals surface area contributed by atoms with Crippen LogP contribution in [0, 0.1) is 0 Å². The molecule has 1 fully saturated rings. The average Bonchev–Trinajstić information content (AvgIpc) is 2.34. The van der Waals surface area contributed by atoms with Crippen molar-refractivity contribution in [3.8, 4) is 0 Å². The summed E-state index contributed by atoms with van der Waals surface area (Å²) in [6.45, 7) is -2.67. The first-order chi connectivity index (χ1) is 9.61. The lowest BCUT2D eigenvalue weighted by Crippen LogP contribution is -2.54. The van der Waals surface area contributed by atoms with E-state index in [0.29, 0.717) is 12.8 Å². The molecule has 2 atom stereocenters. The van der Waals surface area contributed by atoms with Gasteiger partial charge in [-0.2, -0.15) is 13.2 Å². The van der Waals surface area contributed by atoms with E-state index in [1.807, 2.05) is 0 Å². The Morgan fingerprint density at radius 3 is 2.29 bits per heavy atom. The summed E-state index contributed by atoms with van der Waals surface area (Å²) >= 11 is 0. The topological polar surface area (TPSA) is 81.1 Å². The minimum absolute atomic E-state index is 0.226. The molecule has 0 heterocycles. The summed E-state index contributed by atoms with van der Waals surface area (Å²) in [5.41, 5.74) is 0. The lowest BCUT2D eigenvalue weighted by atomic mass is 9.92. The van der Waals surface area contributed by atoms with Crippen molar-refractivity contribution in [1.82, 2.24) is 9.80 Å². The van der Waals surface area contributed by atoms with Gasteiger partial charge >= 0.3 is 18.2 Å². The van der Waals surface area contributed by atoms with Crippen LogP contribution in [0.3, 0.4) is 0 Å². The van der Waals surface area contributed by atoms with E-state index in [-0.39, 0.29) is 4.90 Å². The maximum atomic E-state index is 12.4. The molecule has 1 saturated carbocycles. The first-order valence-electron chi connectivity index (χ1n) is 6.60. The number of rotatable bonds is 4. The van der Waals surface area contributed by atoms with Crippen LogP contribution in [0.4, 0.5) is 18.0 Å². The Kier molecular flexibility index (Phi) is 5.82. The third-order valence-corrected chi connectivity index (χ3v) is 3.46. The van der Waals surface area contributed by atoms with E-state index in [4.69, 9.17) is 5.11 Å². The number of halogens is 3. The number of likely N-dealkylation sites (N-methyl/N-ethyl adjacent to an activating group) is 1. The number of aliphatic carboxylic acids is 1. The molecule has 0 aromatic rings. The number of aliphatic hydroxyl groups excluding tert-OH is 1. The second-order valence-electron chi connectivity index (χ2n) is 5.18. The fourth-order valence-electron chi connectivity index (χ4n) is 2.48. The van der Waals surface area contributed by atoms with Crippen LogP contribution in [0.2, 0.25) is 0 Å². The maximum Gasteiger partial charge on any atom is 0.406 e. The maximum absolute atomic E-state index is 12.4. The lowest BCUT2D eigenvalue weighted by Gasteiger charge is -2.37. The van der Waals surface area contributed by atoms with E-state index in [2.05, 4.69) is 0 Å². The summed E-state index contributed by atoms with van der Waals surface area (Å²) in [7, 11) is 1.28. The molecule has 1 aliphatic carbocycles. The average molecular weight is 312 g/mol. The Labute approximate surface area is 120 Å². The van der Waals surface area contributed by atoms with E-state index in [0.717, 1.165) is 17.7 Å². The van der Waals surface area contributed by atoms with Gasteiger partial charge in [0.2, 0.25) is 0 Å². The zero-order chi connectivity index (χ0) is 16.2. The number of nitrogens with zero attached hydrogens (tertiary/aromatic N) is 2. The Morgan fingerprint density at radius 1 is 1.24 bits per heavy atom. The van der Waals surface area contributed by atoms with Crippen molar-refractivity contribution in [3.05, 3.63) is 0 Å². The van der Waals surface area contributed by atoms with Gasteiger partial charge in [-0.3, -0.25) is 4.79 Å². The third-order valence-electron chi connectivity index (χ3n) is 3.46. The molecule has 0 aromatic carbocycles. The molecular formula is C12H19F3N2O4. The number of hydrogen-bond acceptors (Lipinski definition) is 3. The fraction of sp³-hybridized carbons (Fsp3) is 0.833. The van der Waals surface area contributed by atoms with Crippen LogP contribution in [0.15, 0.2) is 0 Å². The number of aliphatic hydroxyl groups is 1. The summed E-state index contributed by atoms with van der Waals surface area (Å²) in [4.78, 5) is 24.0. The number of urea groups is 1. The van der Waals surface area contributed by atoms with E-state index in [1.165, 1.54) is 7.05 Å². The Hall–Kier alpha value is -1.51. The van der Waals surface area contributed by atoms with Crippen LogP contribution in [0.5, 0.6) is 0 Å². The van der Waals surface area contributed by atoms with Gasteiger partial charge in [0.05, 0.1) is 12.1 Å². The zero-order valence-corrected chi connectivity index (χ0v) is 11.6. The molecule has 2 unspecified atom stereocenters. The van der Waals surface area contributed by atoms with Crippen molar-refractivity contribution in [3.63, 3.8) is 0 Å². The van der Waals surface area contributed by atoms with Crippen molar-refractivity contribution in [2.45, 2.75) is 44.0 Å². The molecule has 122 valence electrons. The second kappa shape index (κ2) is 6.97.